The zero-order valence-corrected chi connectivity index (χ0v) is 6.80. The molecule has 1 N–H and O–H groups in total. The lowest BCUT2D eigenvalue weighted by molar-refractivity contribution is 0.473. The van der Waals surface area contributed by atoms with Crippen LogP contribution in [0, 0.1) is 0 Å². The van der Waals surface area contributed by atoms with E-state index in [1.165, 1.54) is 0 Å². The number of allylic oxidation sites excluding steroid dienone is 1. The van der Waals surface area contributed by atoms with E-state index in [2.05, 4.69) is 6.58 Å². The van der Waals surface area contributed by atoms with E-state index < -0.39 is 0 Å². The van der Waals surface area contributed by atoms with Gasteiger partial charge in [0.2, 0.25) is 0 Å². The molecule has 0 aliphatic carbocycles. The van der Waals surface area contributed by atoms with Crippen molar-refractivity contribution in [3.63, 3.8) is 0 Å². The van der Waals surface area contributed by atoms with E-state index in [0.717, 1.165) is 11.1 Å². The summed E-state index contributed by atoms with van der Waals surface area (Å²) in [4.78, 5) is 0. The molecule has 0 fully saturated rings. The minimum Gasteiger partial charge on any atom is -0.507 e. The van der Waals surface area contributed by atoms with Gasteiger partial charge in [0.05, 0.1) is 0 Å². The van der Waals surface area contributed by atoms with Crippen molar-refractivity contribution in [2.45, 2.75) is 0 Å². The van der Waals surface area contributed by atoms with Crippen LogP contribution < -0.4 is 0 Å². The Balaban J connectivity index is 3.03. The Bertz CT molecular complexity index is 268. The van der Waals surface area contributed by atoms with Crippen LogP contribution in [0.1, 0.15) is 5.56 Å². The third-order valence-corrected chi connectivity index (χ3v) is 1.77. The molecule has 1 nitrogen and oxygen atoms in total. The van der Waals surface area contributed by atoms with E-state index in [4.69, 9.17) is 11.6 Å². The molecule has 0 atom stereocenters. The summed E-state index contributed by atoms with van der Waals surface area (Å²) in [5.41, 5.74) is 1.47. The van der Waals surface area contributed by atoms with Crippen molar-refractivity contribution in [3.8, 4) is 5.75 Å². The first-order valence-corrected chi connectivity index (χ1v) is 3.81. The molecule has 0 saturated carbocycles. The number of hydrogen-bond donors (Lipinski definition) is 1. The van der Waals surface area contributed by atoms with Gasteiger partial charge < -0.3 is 5.11 Å². The largest absolute Gasteiger partial charge is 0.507 e. The van der Waals surface area contributed by atoms with E-state index in [-0.39, 0.29) is 5.75 Å². The standard InChI is InChI=1S/C9H9ClO/c1-7(6-10)8-4-2-3-5-9(8)11/h2-5,11H,1,6H2. The topological polar surface area (TPSA) is 20.2 Å². The number of phenolic OH excluding ortho intramolecular Hbond substituents is 1. The van der Waals surface area contributed by atoms with E-state index in [9.17, 15) is 5.11 Å². The summed E-state index contributed by atoms with van der Waals surface area (Å²) in [6.45, 7) is 3.71. The van der Waals surface area contributed by atoms with Gasteiger partial charge in [-0.25, -0.2) is 0 Å². The Kier molecular flexibility index (Phi) is 2.55. The molecule has 11 heavy (non-hydrogen) atoms. The van der Waals surface area contributed by atoms with Gasteiger partial charge in [-0.2, -0.15) is 0 Å². The van der Waals surface area contributed by atoms with Crippen LogP contribution in [-0.4, -0.2) is 11.0 Å². The van der Waals surface area contributed by atoms with Gasteiger partial charge in [-0.05, 0) is 11.6 Å². The highest BCUT2D eigenvalue weighted by molar-refractivity contribution is 6.23. The second kappa shape index (κ2) is 3.44. The lowest BCUT2D eigenvalue weighted by Gasteiger charge is -2.02. The predicted octanol–water partition coefficient (Wildman–Crippen LogP) is 2.64. The van der Waals surface area contributed by atoms with Crippen LogP contribution in [0.15, 0.2) is 30.8 Å². The van der Waals surface area contributed by atoms with Crippen LogP contribution in [0.25, 0.3) is 5.57 Å². The molecule has 0 heterocycles. The highest BCUT2D eigenvalue weighted by Crippen LogP contribution is 2.23. The highest BCUT2D eigenvalue weighted by atomic mass is 35.5. The fourth-order valence-electron chi connectivity index (χ4n) is 0.845. The molecule has 1 aromatic rings. The number of phenols is 1. The maximum Gasteiger partial charge on any atom is 0.123 e. The lowest BCUT2D eigenvalue weighted by Crippen LogP contribution is -1.83. The van der Waals surface area contributed by atoms with Crippen molar-refractivity contribution in [1.29, 1.82) is 0 Å². The van der Waals surface area contributed by atoms with Crippen LogP contribution >= 0.6 is 11.6 Å². The normalized spacial score (nSPS) is 9.55. The molecule has 0 amide bonds. The maximum atomic E-state index is 9.29. The van der Waals surface area contributed by atoms with Crippen LogP contribution in [0.5, 0.6) is 5.75 Å². The van der Waals surface area contributed by atoms with Gasteiger partial charge in [0, 0.05) is 11.4 Å². The highest BCUT2D eigenvalue weighted by Gasteiger charge is 2.01. The van der Waals surface area contributed by atoms with Crippen molar-refractivity contribution >= 4 is 17.2 Å². The van der Waals surface area contributed by atoms with Gasteiger partial charge in [-0.3, -0.25) is 0 Å². The number of halogens is 1. The number of aromatic hydroxyl groups is 1. The molecule has 0 radical (unpaired) electrons. The van der Waals surface area contributed by atoms with Crippen molar-refractivity contribution in [2.24, 2.45) is 0 Å². The number of alkyl halides is 1. The Morgan fingerprint density at radius 1 is 1.45 bits per heavy atom. The quantitative estimate of drug-likeness (QED) is 0.674. The fourth-order valence-corrected chi connectivity index (χ4v) is 0.989. The molecule has 1 aromatic carbocycles. The van der Waals surface area contributed by atoms with E-state index in [1.54, 1.807) is 18.2 Å². The average Bonchev–Trinajstić information content (AvgIpc) is 2.04. The molecule has 1 rings (SSSR count). The third-order valence-electron chi connectivity index (χ3n) is 1.45. The van der Waals surface area contributed by atoms with E-state index in [1.807, 2.05) is 6.07 Å². The SMILES string of the molecule is C=C(CCl)c1ccccc1O. The van der Waals surface area contributed by atoms with Crippen LogP contribution in [0.2, 0.25) is 0 Å². The molecular formula is C9H9ClO. The van der Waals surface area contributed by atoms with Gasteiger partial charge >= 0.3 is 0 Å². The van der Waals surface area contributed by atoms with Crippen LogP contribution in [0.4, 0.5) is 0 Å². The summed E-state index contributed by atoms with van der Waals surface area (Å²) >= 11 is 5.55. The van der Waals surface area contributed by atoms with Gasteiger partial charge in [-0.15, -0.1) is 11.6 Å². The molecule has 0 aliphatic rings. The molecule has 0 unspecified atom stereocenters. The number of rotatable bonds is 2. The summed E-state index contributed by atoms with van der Waals surface area (Å²) in [5, 5.41) is 9.29. The summed E-state index contributed by atoms with van der Waals surface area (Å²) in [7, 11) is 0. The number of hydrogen-bond acceptors (Lipinski definition) is 1. The van der Waals surface area contributed by atoms with Gasteiger partial charge in [0.1, 0.15) is 5.75 Å². The van der Waals surface area contributed by atoms with Gasteiger partial charge in [-0.1, -0.05) is 24.8 Å². The number of para-hydroxylation sites is 1. The zero-order chi connectivity index (χ0) is 8.27. The van der Waals surface area contributed by atoms with E-state index >= 15 is 0 Å². The maximum absolute atomic E-state index is 9.29. The summed E-state index contributed by atoms with van der Waals surface area (Å²) < 4.78 is 0. The molecule has 0 bridgehead atoms. The molecule has 0 aliphatic heterocycles. The molecule has 2 heteroatoms. The molecule has 0 aromatic heterocycles. The first-order valence-electron chi connectivity index (χ1n) is 3.28. The second-order valence-electron chi connectivity index (χ2n) is 2.25. The predicted molar refractivity (Wildman–Crippen MR) is 47.9 cm³/mol. The summed E-state index contributed by atoms with van der Waals surface area (Å²) in [6, 6.07) is 7.01. The summed E-state index contributed by atoms with van der Waals surface area (Å²) in [5.74, 6) is 0.579. The second-order valence-corrected chi connectivity index (χ2v) is 2.52. The first kappa shape index (κ1) is 8.15. The summed E-state index contributed by atoms with van der Waals surface area (Å²) in [6.07, 6.45) is 0. The fraction of sp³-hybridized carbons (Fsp3) is 0.111. The van der Waals surface area contributed by atoms with Crippen molar-refractivity contribution < 1.29 is 5.11 Å². The molecule has 58 valence electrons. The van der Waals surface area contributed by atoms with Crippen molar-refractivity contribution in [3.05, 3.63) is 36.4 Å². The van der Waals surface area contributed by atoms with E-state index in [0.29, 0.717) is 5.88 Å². The Morgan fingerprint density at radius 2 is 2.09 bits per heavy atom. The Labute approximate surface area is 70.9 Å². The Morgan fingerprint density at radius 3 is 2.64 bits per heavy atom. The van der Waals surface area contributed by atoms with Gasteiger partial charge in [0.15, 0.2) is 0 Å². The molecule has 0 saturated heterocycles. The minimum atomic E-state index is 0.234. The smallest absolute Gasteiger partial charge is 0.123 e. The molecule has 0 spiro atoms. The first-order chi connectivity index (χ1) is 5.25. The molecular weight excluding hydrogens is 160 g/mol. The average molecular weight is 169 g/mol. The monoisotopic (exact) mass is 168 g/mol. The van der Waals surface area contributed by atoms with Crippen molar-refractivity contribution in [1.82, 2.24) is 0 Å². The minimum absolute atomic E-state index is 0.234. The van der Waals surface area contributed by atoms with Crippen LogP contribution in [0.3, 0.4) is 0 Å². The van der Waals surface area contributed by atoms with Crippen LogP contribution in [-0.2, 0) is 0 Å². The number of benzene rings is 1. The lowest BCUT2D eigenvalue weighted by atomic mass is 10.1. The van der Waals surface area contributed by atoms with Gasteiger partial charge in [0.25, 0.3) is 0 Å². The Hall–Kier alpha value is -0.950. The zero-order valence-electron chi connectivity index (χ0n) is 6.05. The third kappa shape index (κ3) is 1.75. The van der Waals surface area contributed by atoms with Crippen molar-refractivity contribution in [2.75, 3.05) is 5.88 Å².